The summed E-state index contributed by atoms with van der Waals surface area (Å²) in [5.74, 6) is 6.69. The third kappa shape index (κ3) is 2.24. The molecule has 2 aromatic heterocycles. The van der Waals surface area contributed by atoms with Crippen molar-refractivity contribution < 1.29 is 4.74 Å². The summed E-state index contributed by atoms with van der Waals surface area (Å²) in [6, 6.07) is 0.362. The van der Waals surface area contributed by atoms with Crippen LogP contribution in [0, 0.1) is 11.8 Å². The minimum absolute atomic E-state index is 0.103. The van der Waals surface area contributed by atoms with Crippen molar-refractivity contribution >= 4 is 17.1 Å². The predicted octanol–water partition coefficient (Wildman–Crippen LogP) is -0.582. The lowest BCUT2D eigenvalue weighted by Gasteiger charge is -2.28. The summed E-state index contributed by atoms with van der Waals surface area (Å²) in [6.07, 6.45) is 0. The predicted molar refractivity (Wildman–Crippen MR) is 85.8 cm³/mol. The van der Waals surface area contributed by atoms with Crippen molar-refractivity contribution in [3.8, 4) is 17.9 Å². The zero-order valence-corrected chi connectivity index (χ0v) is 13.0. The number of fused-ring (bicyclic) bond motifs is 2. The largest absolute Gasteiger partial charge is 0.463 e. The highest BCUT2D eigenvalue weighted by molar-refractivity contribution is 5.75. The molecule has 8 nitrogen and oxygen atoms in total. The maximum absolute atomic E-state index is 12.8. The van der Waals surface area contributed by atoms with Crippen LogP contribution < -0.4 is 20.5 Å². The van der Waals surface area contributed by atoms with Gasteiger partial charge in [0.1, 0.15) is 6.61 Å². The molecule has 0 atom stereocenters. The van der Waals surface area contributed by atoms with Crippen LogP contribution in [0.3, 0.4) is 0 Å². The summed E-state index contributed by atoms with van der Waals surface area (Å²) in [6.45, 7) is 6.73. The first kappa shape index (κ1) is 14.1. The molecule has 0 unspecified atom stereocenters. The number of ether oxygens (including phenoxy) is 1. The lowest BCUT2D eigenvalue weighted by atomic mass is 10.4. The molecule has 23 heavy (non-hydrogen) atoms. The van der Waals surface area contributed by atoms with Crippen molar-refractivity contribution in [2.24, 2.45) is 0 Å². The smallest absolute Gasteiger partial charge is 0.301 e. The SMILES string of the molecule is CC#CCn1c(N2CCNCC2)nc2nc3n(c(=O)c21)CCO3. The molecule has 2 aliphatic rings. The van der Waals surface area contributed by atoms with Crippen LogP contribution in [0.5, 0.6) is 6.01 Å². The summed E-state index contributed by atoms with van der Waals surface area (Å²) in [5, 5.41) is 3.32. The lowest BCUT2D eigenvalue weighted by Crippen LogP contribution is -2.44. The minimum atomic E-state index is -0.103. The van der Waals surface area contributed by atoms with Crippen LogP contribution >= 0.6 is 0 Å². The minimum Gasteiger partial charge on any atom is -0.463 e. The van der Waals surface area contributed by atoms with Gasteiger partial charge in [-0.2, -0.15) is 9.97 Å². The Morgan fingerprint density at radius 2 is 2.09 bits per heavy atom. The highest BCUT2D eigenvalue weighted by atomic mass is 16.5. The van der Waals surface area contributed by atoms with E-state index in [-0.39, 0.29) is 5.56 Å². The van der Waals surface area contributed by atoms with E-state index < -0.39 is 0 Å². The van der Waals surface area contributed by atoms with E-state index in [0.717, 1.165) is 32.1 Å². The number of nitrogens with one attached hydrogen (secondary N) is 1. The maximum Gasteiger partial charge on any atom is 0.301 e. The molecule has 0 spiro atoms. The second-order valence-corrected chi connectivity index (χ2v) is 5.53. The van der Waals surface area contributed by atoms with E-state index in [0.29, 0.717) is 36.9 Å². The fourth-order valence-corrected chi connectivity index (χ4v) is 3.03. The first-order valence-electron chi connectivity index (χ1n) is 7.78. The fraction of sp³-hybridized carbons (Fsp3) is 0.533. The Morgan fingerprint density at radius 3 is 2.87 bits per heavy atom. The normalized spacial score (nSPS) is 16.8. The zero-order chi connectivity index (χ0) is 15.8. The summed E-state index contributed by atoms with van der Waals surface area (Å²) in [4.78, 5) is 24.0. The molecule has 0 aromatic carbocycles. The highest BCUT2D eigenvalue weighted by Crippen LogP contribution is 2.22. The van der Waals surface area contributed by atoms with E-state index in [4.69, 9.17) is 4.74 Å². The summed E-state index contributed by atoms with van der Waals surface area (Å²) in [7, 11) is 0. The Kier molecular flexibility index (Phi) is 3.42. The molecule has 1 N–H and O–H groups in total. The Labute approximate surface area is 133 Å². The molecule has 1 saturated heterocycles. The third-order valence-corrected chi connectivity index (χ3v) is 4.17. The first-order valence-corrected chi connectivity index (χ1v) is 7.78. The highest BCUT2D eigenvalue weighted by Gasteiger charge is 2.25. The van der Waals surface area contributed by atoms with E-state index in [9.17, 15) is 4.79 Å². The van der Waals surface area contributed by atoms with Gasteiger partial charge in [0.05, 0.1) is 13.1 Å². The van der Waals surface area contributed by atoms with Crippen molar-refractivity contribution in [2.75, 3.05) is 37.7 Å². The summed E-state index contributed by atoms with van der Waals surface area (Å²) in [5.41, 5.74) is 0.847. The van der Waals surface area contributed by atoms with Gasteiger partial charge < -0.3 is 15.0 Å². The number of imidazole rings is 1. The zero-order valence-electron chi connectivity index (χ0n) is 13.0. The quantitative estimate of drug-likeness (QED) is 0.747. The number of nitrogens with zero attached hydrogens (tertiary/aromatic N) is 5. The van der Waals surface area contributed by atoms with Gasteiger partial charge in [0.25, 0.3) is 5.56 Å². The van der Waals surface area contributed by atoms with E-state index in [1.54, 1.807) is 11.5 Å². The monoisotopic (exact) mass is 314 g/mol. The Morgan fingerprint density at radius 1 is 1.26 bits per heavy atom. The fourth-order valence-electron chi connectivity index (χ4n) is 3.03. The average Bonchev–Trinajstić information content (AvgIpc) is 3.19. The molecule has 2 aliphatic heterocycles. The van der Waals surface area contributed by atoms with Gasteiger partial charge in [-0.15, -0.1) is 5.92 Å². The Bertz CT molecular complexity index is 866. The van der Waals surface area contributed by atoms with Crippen molar-refractivity contribution in [2.45, 2.75) is 20.0 Å². The van der Waals surface area contributed by atoms with E-state index in [1.165, 1.54) is 0 Å². The average molecular weight is 314 g/mol. The molecule has 4 rings (SSSR count). The van der Waals surface area contributed by atoms with Crippen LogP contribution in [0.2, 0.25) is 0 Å². The number of anilines is 1. The molecular formula is C15H18N6O2. The van der Waals surface area contributed by atoms with Crippen molar-refractivity contribution in [3.05, 3.63) is 10.4 Å². The number of piperazine rings is 1. The van der Waals surface area contributed by atoms with Crippen molar-refractivity contribution in [3.63, 3.8) is 0 Å². The Balaban J connectivity index is 1.92. The summed E-state index contributed by atoms with van der Waals surface area (Å²) >= 11 is 0. The molecule has 0 aliphatic carbocycles. The number of aromatic nitrogens is 4. The molecule has 0 bridgehead atoms. The lowest BCUT2D eigenvalue weighted by molar-refractivity contribution is 0.345. The van der Waals surface area contributed by atoms with Gasteiger partial charge in [-0.05, 0) is 6.92 Å². The maximum atomic E-state index is 12.8. The Hall–Kier alpha value is -2.53. The number of rotatable bonds is 2. The number of hydrogen-bond donors (Lipinski definition) is 1. The van der Waals surface area contributed by atoms with Crippen molar-refractivity contribution in [1.29, 1.82) is 0 Å². The van der Waals surface area contributed by atoms with E-state index in [2.05, 4.69) is 32.0 Å². The van der Waals surface area contributed by atoms with Crippen molar-refractivity contribution in [1.82, 2.24) is 24.4 Å². The molecule has 0 saturated carbocycles. The van der Waals surface area contributed by atoms with Crippen LogP contribution in [-0.4, -0.2) is 51.9 Å². The molecule has 2 aromatic rings. The molecule has 120 valence electrons. The second kappa shape index (κ2) is 5.59. The first-order chi connectivity index (χ1) is 11.3. The van der Waals surface area contributed by atoms with Gasteiger partial charge in [0.15, 0.2) is 11.2 Å². The molecule has 1 fully saturated rings. The molecule has 4 heterocycles. The van der Waals surface area contributed by atoms with Gasteiger partial charge in [0, 0.05) is 26.2 Å². The standard InChI is InChI=1S/C15H18N6O2/c1-2-3-6-20-11-12(17-14(20)19-7-4-16-5-8-19)18-15-21(13(11)22)9-10-23-15/h16H,4-10H2,1H3. The van der Waals surface area contributed by atoms with Crippen LogP contribution in [0.1, 0.15) is 6.92 Å². The van der Waals surface area contributed by atoms with E-state index in [1.807, 2.05) is 4.57 Å². The number of hydrogen-bond acceptors (Lipinski definition) is 6. The van der Waals surface area contributed by atoms with Crippen LogP contribution in [0.15, 0.2) is 4.79 Å². The van der Waals surface area contributed by atoms with Gasteiger partial charge in [-0.1, -0.05) is 5.92 Å². The van der Waals surface area contributed by atoms with Gasteiger partial charge in [-0.25, -0.2) is 0 Å². The second-order valence-electron chi connectivity index (χ2n) is 5.53. The topological polar surface area (TPSA) is 77.2 Å². The molecule has 8 heteroatoms. The van der Waals surface area contributed by atoms with E-state index >= 15 is 0 Å². The molecular weight excluding hydrogens is 296 g/mol. The van der Waals surface area contributed by atoms with Crippen LogP contribution in [-0.2, 0) is 13.1 Å². The van der Waals surface area contributed by atoms with Crippen LogP contribution in [0.25, 0.3) is 11.2 Å². The van der Waals surface area contributed by atoms with Gasteiger partial charge in [-0.3, -0.25) is 13.9 Å². The molecule has 0 amide bonds. The molecule has 0 radical (unpaired) electrons. The van der Waals surface area contributed by atoms with Gasteiger partial charge in [0.2, 0.25) is 5.95 Å². The van der Waals surface area contributed by atoms with Crippen LogP contribution in [0.4, 0.5) is 5.95 Å². The summed E-state index contributed by atoms with van der Waals surface area (Å²) < 4.78 is 8.87. The van der Waals surface area contributed by atoms with Gasteiger partial charge >= 0.3 is 6.01 Å². The third-order valence-electron chi connectivity index (χ3n) is 4.17.